The van der Waals surface area contributed by atoms with Gasteiger partial charge in [-0.2, -0.15) is 0 Å². The number of amides is 1. The van der Waals surface area contributed by atoms with E-state index in [1.807, 2.05) is 6.92 Å². The van der Waals surface area contributed by atoms with Crippen molar-refractivity contribution in [3.8, 4) is 0 Å². The van der Waals surface area contributed by atoms with Crippen LogP contribution in [0.15, 0.2) is 18.2 Å². The summed E-state index contributed by atoms with van der Waals surface area (Å²) in [5, 5.41) is 7.55. The fourth-order valence-electron chi connectivity index (χ4n) is 2.53. The van der Waals surface area contributed by atoms with Crippen LogP contribution in [0.4, 0.5) is 0 Å². The number of rotatable bonds is 5. The van der Waals surface area contributed by atoms with E-state index in [0.717, 1.165) is 25.1 Å². The minimum absolute atomic E-state index is 0. The second kappa shape index (κ2) is 8.84. The molecule has 1 aliphatic heterocycles. The standard InChI is InChI=1S/C15H20Cl2N2O.ClH/c1-10(13-8-12(16)3-4-14(13)17)19-15(20)5-2-11-6-7-18-9-11;/h3-4,8,10-11,18H,2,5-7,9H2,1H3,(H,19,20);1H. The molecule has 1 aliphatic rings. The lowest BCUT2D eigenvalue weighted by molar-refractivity contribution is -0.122. The van der Waals surface area contributed by atoms with E-state index in [4.69, 9.17) is 23.2 Å². The van der Waals surface area contributed by atoms with Gasteiger partial charge in [0.1, 0.15) is 0 Å². The molecule has 0 bridgehead atoms. The minimum atomic E-state index is -0.129. The van der Waals surface area contributed by atoms with E-state index < -0.39 is 0 Å². The van der Waals surface area contributed by atoms with Crippen LogP contribution in [0.2, 0.25) is 10.0 Å². The predicted octanol–water partition coefficient (Wildman–Crippen LogP) is 3.98. The minimum Gasteiger partial charge on any atom is -0.350 e. The van der Waals surface area contributed by atoms with E-state index in [0.29, 0.717) is 22.4 Å². The maximum absolute atomic E-state index is 12.0. The van der Waals surface area contributed by atoms with E-state index in [1.54, 1.807) is 18.2 Å². The molecule has 2 unspecified atom stereocenters. The van der Waals surface area contributed by atoms with Gasteiger partial charge < -0.3 is 10.6 Å². The Morgan fingerprint density at radius 3 is 2.90 bits per heavy atom. The van der Waals surface area contributed by atoms with Crippen LogP contribution < -0.4 is 10.6 Å². The largest absolute Gasteiger partial charge is 0.350 e. The highest BCUT2D eigenvalue weighted by Crippen LogP contribution is 2.26. The van der Waals surface area contributed by atoms with Crippen molar-refractivity contribution in [3.05, 3.63) is 33.8 Å². The number of carbonyl (C=O) groups excluding carboxylic acids is 1. The molecule has 2 rings (SSSR count). The van der Waals surface area contributed by atoms with Gasteiger partial charge in [-0.1, -0.05) is 23.2 Å². The van der Waals surface area contributed by atoms with Crippen molar-refractivity contribution in [2.75, 3.05) is 13.1 Å². The molecule has 6 heteroatoms. The van der Waals surface area contributed by atoms with Crippen LogP contribution in [-0.4, -0.2) is 19.0 Å². The zero-order valence-electron chi connectivity index (χ0n) is 12.0. The third kappa shape index (κ3) is 5.67. The van der Waals surface area contributed by atoms with Crippen molar-refractivity contribution in [3.63, 3.8) is 0 Å². The SMILES string of the molecule is CC(NC(=O)CCC1CCNC1)c1cc(Cl)ccc1Cl.Cl. The Kier molecular flexibility index (Phi) is 7.82. The Hall–Kier alpha value is -0.480. The molecule has 1 aromatic rings. The van der Waals surface area contributed by atoms with Crippen LogP contribution >= 0.6 is 35.6 Å². The Balaban J connectivity index is 0.00000220. The van der Waals surface area contributed by atoms with E-state index >= 15 is 0 Å². The average molecular weight is 352 g/mol. The molecule has 0 spiro atoms. The van der Waals surface area contributed by atoms with Crippen molar-refractivity contribution in [1.82, 2.24) is 10.6 Å². The van der Waals surface area contributed by atoms with E-state index in [2.05, 4.69) is 10.6 Å². The molecule has 0 aromatic heterocycles. The van der Waals surface area contributed by atoms with Crippen molar-refractivity contribution in [2.45, 2.75) is 32.2 Å². The molecule has 2 N–H and O–H groups in total. The highest BCUT2D eigenvalue weighted by Gasteiger charge is 2.17. The molecular formula is C15H21Cl3N2O. The third-order valence-corrected chi connectivity index (χ3v) is 4.32. The number of hydrogen-bond donors (Lipinski definition) is 2. The first-order valence-corrected chi connectivity index (χ1v) is 7.77. The van der Waals surface area contributed by atoms with Crippen LogP contribution in [-0.2, 0) is 4.79 Å². The molecule has 0 radical (unpaired) electrons. The van der Waals surface area contributed by atoms with Gasteiger partial charge in [-0.15, -0.1) is 12.4 Å². The number of hydrogen-bond acceptors (Lipinski definition) is 2. The summed E-state index contributed by atoms with van der Waals surface area (Å²) in [6.07, 6.45) is 2.67. The maximum atomic E-state index is 12.0. The van der Waals surface area contributed by atoms with Gasteiger partial charge in [0.2, 0.25) is 5.91 Å². The Bertz CT molecular complexity index is 476. The summed E-state index contributed by atoms with van der Waals surface area (Å²) in [5.41, 5.74) is 0.857. The van der Waals surface area contributed by atoms with Crippen molar-refractivity contribution in [1.29, 1.82) is 0 Å². The normalized spacial score (nSPS) is 18.9. The van der Waals surface area contributed by atoms with Gasteiger partial charge in [0.15, 0.2) is 0 Å². The summed E-state index contributed by atoms with van der Waals surface area (Å²) >= 11 is 12.1. The lowest BCUT2D eigenvalue weighted by Gasteiger charge is -2.17. The van der Waals surface area contributed by atoms with Crippen molar-refractivity contribution >= 4 is 41.5 Å². The van der Waals surface area contributed by atoms with Gasteiger partial charge in [-0.3, -0.25) is 4.79 Å². The van der Waals surface area contributed by atoms with Gasteiger partial charge in [0.05, 0.1) is 6.04 Å². The predicted molar refractivity (Wildman–Crippen MR) is 90.5 cm³/mol. The zero-order valence-corrected chi connectivity index (χ0v) is 14.3. The van der Waals surface area contributed by atoms with E-state index in [9.17, 15) is 4.79 Å². The Labute approximate surface area is 142 Å². The number of halogens is 3. The summed E-state index contributed by atoms with van der Waals surface area (Å²) in [6.45, 7) is 4.02. The molecule has 21 heavy (non-hydrogen) atoms. The van der Waals surface area contributed by atoms with Crippen LogP contribution in [0.3, 0.4) is 0 Å². The van der Waals surface area contributed by atoms with E-state index in [-0.39, 0.29) is 24.4 Å². The van der Waals surface area contributed by atoms with Crippen molar-refractivity contribution < 1.29 is 4.79 Å². The van der Waals surface area contributed by atoms with Gasteiger partial charge in [-0.25, -0.2) is 0 Å². The smallest absolute Gasteiger partial charge is 0.220 e. The molecule has 1 fully saturated rings. The molecule has 0 saturated carbocycles. The Morgan fingerprint density at radius 2 is 2.24 bits per heavy atom. The fourth-order valence-corrected chi connectivity index (χ4v) is 3.00. The highest BCUT2D eigenvalue weighted by atomic mass is 35.5. The summed E-state index contributed by atoms with van der Waals surface area (Å²) in [5.74, 6) is 0.700. The molecule has 2 atom stereocenters. The lowest BCUT2D eigenvalue weighted by atomic mass is 10.0. The molecule has 1 amide bonds. The summed E-state index contributed by atoms with van der Waals surface area (Å²) in [4.78, 5) is 12.0. The van der Waals surface area contributed by atoms with Gasteiger partial charge >= 0.3 is 0 Å². The first-order valence-electron chi connectivity index (χ1n) is 7.01. The molecule has 118 valence electrons. The average Bonchev–Trinajstić information content (AvgIpc) is 2.92. The molecule has 1 saturated heterocycles. The van der Waals surface area contributed by atoms with E-state index in [1.165, 1.54) is 6.42 Å². The first kappa shape index (κ1) is 18.6. The zero-order chi connectivity index (χ0) is 14.5. The summed E-state index contributed by atoms with van der Waals surface area (Å²) in [7, 11) is 0. The van der Waals surface area contributed by atoms with Gasteiger partial charge in [-0.05, 0) is 62.5 Å². The third-order valence-electron chi connectivity index (χ3n) is 3.74. The molecule has 1 heterocycles. The summed E-state index contributed by atoms with van der Waals surface area (Å²) in [6, 6.07) is 5.17. The maximum Gasteiger partial charge on any atom is 0.220 e. The number of carbonyl (C=O) groups is 1. The highest BCUT2D eigenvalue weighted by molar-refractivity contribution is 6.33. The number of benzene rings is 1. The van der Waals surface area contributed by atoms with Gasteiger partial charge in [0, 0.05) is 16.5 Å². The topological polar surface area (TPSA) is 41.1 Å². The molecule has 3 nitrogen and oxygen atoms in total. The second-order valence-corrected chi connectivity index (χ2v) is 6.20. The van der Waals surface area contributed by atoms with Crippen molar-refractivity contribution in [2.24, 2.45) is 5.92 Å². The number of nitrogens with one attached hydrogen (secondary N) is 2. The van der Waals surface area contributed by atoms with Crippen LogP contribution in [0, 0.1) is 5.92 Å². The lowest BCUT2D eigenvalue weighted by Crippen LogP contribution is -2.27. The molecule has 0 aliphatic carbocycles. The summed E-state index contributed by atoms with van der Waals surface area (Å²) < 4.78 is 0. The quantitative estimate of drug-likeness (QED) is 0.842. The monoisotopic (exact) mass is 350 g/mol. The molecule has 1 aromatic carbocycles. The fraction of sp³-hybridized carbons (Fsp3) is 0.533. The van der Waals surface area contributed by atoms with Crippen LogP contribution in [0.25, 0.3) is 0 Å². The van der Waals surface area contributed by atoms with Crippen LogP contribution in [0.5, 0.6) is 0 Å². The second-order valence-electron chi connectivity index (χ2n) is 5.35. The first-order chi connectivity index (χ1) is 9.56. The molecular weight excluding hydrogens is 331 g/mol. The Morgan fingerprint density at radius 1 is 1.48 bits per heavy atom. The van der Waals surface area contributed by atoms with Crippen LogP contribution in [0.1, 0.15) is 37.8 Å². The van der Waals surface area contributed by atoms with Gasteiger partial charge in [0.25, 0.3) is 0 Å².